The summed E-state index contributed by atoms with van der Waals surface area (Å²) in [6.07, 6.45) is 0.972. The van der Waals surface area contributed by atoms with Crippen LogP contribution in [0.2, 0.25) is 5.02 Å². The van der Waals surface area contributed by atoms with E-state index in [1.165, 1.54) is 11.8 Å². The van der Waals surface area contributed by atoms with E-state index in [0.717, 1.165) is 21.9 Å². The van der Waals surface area contributed by atoms with Crippen molar-refractivity contribution in [2.24, 2.45) is 5.92 Å². The summed E-state index contributed by atoms with van der Waals surface area (Å²) < 4.78 is 0. The highest BCUT2D eigenvalue weighted by Gasteiger charge is 2.35. The van der Waals surface area contributed by atoms with Gasteiger partial charge in [-0.25, -0.2) is 0 Å². The third kappa shape index (κ3) is 4.66. The van der Waals surface area contributed by atoms with Gasteiger partial charge in [-0.3, -0.25) is 14.4 Å². The third-order valence-electron chi connectivity index (χ3n) is 6.16. The van der Waals surface area contributed by atoms with E-state index in [-0.39, 0.29) is 24.1 Å². The molecule has 1 N–H and O–H groups in total. The minimum atomic E-state index is -0.466. The van der Waals surface area contributed by atoms with Gasteiger partial charge in [0.1, 0.15) is 0 Å². The van der Waals surface area contributed by atoms with E-state index < -0.39 is 5.92 Å². The number of rotatable bonds is 5. The zero-order valence-electron chi connectivity index (χ0n) is 19.2. The Balaban J connectivity index is 1.37. The highest BCUT2D eigenvalue weighted by Crippen LogP contribution is 2.42. The van der Waals surface area contributed by atoms with Crippen LogP contribution in [0.25, 0.3) is 0 Å². The topological polar surface area (TPSA) is 69.7 Å². The van der Waals surface area contributed by atoms with Gasteiger partial charge in [-0.2, -0.15) is 0 Å². The second-order valence-electron chi connectivity index (χ2n) is 8.61. The van der Waals surface area contributed by atoms with Gasteiger partial charge < -0.3 is 15.1 Å². The van der Waals surface area contributed by atoms with Crippen LogP contribution >= 0.6 is 23.4 Å². The highest BCUT2D eigenvalue weighted by molar-refractivity contribution is 7.99. The summed E-state index contributed by atoms with van der Waals surface area (Å²) >= 11 is 7.59. The van der Waals surface area contributed by atoms with Crippen molar-refractivity contribution in [3.8, 4) is 0 Å². The molecule has 3 aromatic carbocycles. The molecule has 0 aliphatic carbocycles. The number of benzene rings is 3. The molecular formula is C27H24ClN3O3S. The van der Waals surface area contributed by atoms with Crippen LogP contribution in [0.3, 0.4) is 0 Å². The summed E-state index contributed by atoms with van der Waals surface area (Å²) in [4.78, 5) is 44.1. The van der Waals surface area contributed by atoms with Crippen LogP contribution in [0.15, 0.2) is 76.5 Å². The van der Waals surface area contributed by atoms with Gasteiger partial charge in [-0.15, -0.1) is 0 Å². The Labute approximate surface area is 213 Å². The standard InChI is InChI=1S/C27H24ClN3O3S/c1-2-12-30-22-11-10-19(15-24(22)35-23-9-4-3-8-21(23)27(30)34)29-26(33)17-13-25(32)31(16-17)20-7-5-6-18(28)14-20/h3-11,14-15,17H,2,12-13,16H2,1H3,(H,29,33)/t17-/m0/s1. The predicted octanol–water partition coefficient (Wildman–Crippen LogP) is 5.85. The van der Waals surface area contributed by atoms with Crippen molar-refractivity contribution in [1.82, 2.24) is 0 Å². The van der Waals surface area contributed by atoms with Gasteiger partial charge in [0.25, 0.3) is 5.91 Å². The number of carbonyl (C=O) groups is 3. The first-order valence-corrected chi connectivity index (χ1v) is 12.7. The minimum absolute atomic E-state index is 0.0175. The second kappa shape index (κ2) is 9.76. The van der Waals surface area contributed by atoms with Crippen molar-refractivity contribution in [3.63, 3.8) is 0 Å². The Morgan fingerprint density at radius 3 is 2.69 bits per heavy atom. The fourth-order valence-corrected chi connectivity index (χ4v) is 5.77. The molecule has 2 heterocycles. The maximum Gasteiger partial charge on any atom is 0.259 e. The van der Waals surface area contributed by atoms with E-state index in [1.807, 2.05) is 55.5 Å². The zero-order valence-corrected chi connectivity index (χ0v) is 20.7. The monoisotopic (exact) mass is 505 g/mol. The molecule has 0 unspecified atom stereocenters. The lowest BCUT2D eigenvalue weighted by Gasteiger charge is -2.23. The van der Waals surface area contributed by atoms with Crippen LogP contribution in [-0.2, 0) is 9.59 Å². The van der Waals surface area contributed by atoms with Crippen LogP contribution < -0.4 is 15.1 Å². The number of nitrogens with zero attached hydrogens (tertiary/aromatic N) is 2. The molecule has 0 radical (unpaired) electrons. The summed E-state index contributed by atoms with van der Waals surface area (Å²) in [7, 11) is 0. The van der Waals surface area contributed by atoms with E-state index in [2.05, 4.69) is 5.32 Å². The molecular weight excluding hydrogens is 482 g/mol. The van der Waals surface area contributed by atoms with Crippen molar-refractivity contribution in [2.45, 2.75) is 29.6 Å². The Morgan fingerprint density at radius 2 is 1.89 bits per heavy atom. The molecule has 3 amide bonds. The predicted molar refractivity (Wildman–Crippen MR) is 140 cm³/mol. The maximum atomic E-state index is 13.2. The van der Waals surface area contributed by atoms with Crippen molar-refractivity contribution < 1.29 is 14.4 Å². The molecule has 3 aromatic rings. The van der Waals surface area contributed by atoms with Gasteiger partial charge in [0, 0.05) is 45.7 Å². The molecule has 2 aliphatic heterocycles. The highest BCUT2D eigenvalue weighted by atomic mass is 35.5. The van der Waals surface area contributed by atoms with Crippen LogP contribution in [-0.4, -0.2) is 30.8 Å². The zero-order chi connectivity index (χ0) is 24.5. The van der Waals surface area contributed by atoms with Crippen LogP contribution in [0.4, 0.5) is 17.1 Å². The van der Waals surface area contributed by atoms with Gasteiger partial charge >= 0.3 is 0 Å². The molecule has 6 nitrogen and oxygen atoms in total. The van der Waals surface area contributed by atoms with E-state index in [1.54, 1.807) is 28.0 Å². The molecule has 8 heteroatoms. The van der Waals surface area contributed by atoms with Gasteiger partial charge in [0.2, 0.25) is 11.8 Å². The summed E-state index contributed by atoms with van der Waals surface area (Å²) in [5.41, 5.74) is 2.84. The number of amides is 3. The van der Waals surface area contributed by atoms with Gasteiger partial charge in [0.15, 0.2) is 0 Å². The fraction of sp³-hybridized carbons (Fsp3) is 0.222. The van der Waals surface area contributed by atoms with Crippen LogP contribution in [0.5, 0.6) is 0 Å². The van der Waals surface area contributed by atoms with Crippen molar-refractivity contribution >= 4 is 58.1 Å². The average molecular weight is 506 g/mol. The molecule has 0 saturated carbocycles. The SMILES string of the molecule is CCCN1C(=O)c2ccccc2Sc2cc(NC(=O)[C@H]3CC(=O)N(c4cccc(Cl)c4)C3)ccc21. The molecule has 1 saturated heterocycles. The molecule has 0 aromatic heterocycles. The molecule has 178 valence electrons. The van der Waals surface area contributed by atoms with E-state index in [4.69, 9.17) is 11.6 Å². The van der Waals surface area contributed by atoms with Crippen LogP contribution in [0.1, 0.15) is 30.1 Å². The first kappa shape index (κ1) is 23.5. The number of nitrogens with one attached hydrogen (secondary N) is 1. The van der Waals surface area contributed by atoms with Crippen LogP contribution in [0, 0.1) is 5.92 Å². The van der Waals surface area contributed by atoms with Crippen molar-refractivity contribution in [3.05, 3.63) is 77.3 Å². The number of fused-ring (bicyclic) bond motifs is 2. The Morgan fingerprint density at radius 1 is 1.06 bits per heavy atom. The smallest absolute Gasteiger partial charge is 0.259 e. The summed E-state index contributed by atoms with van der Waals surface area (Å²) in [6, 6.07) is 20.3. The molecule has 1 atom stereocenters. The summed E-state index contributed by atoms with van der Waals surface area (Å²) in [5, 5.41) is 3.52. The van der Waals surface area contributed by atoms with E-state index >= 15 is 0 Å². The Bertz CT molecular complexity index is 1330. The average Bonchev–Trinajstić information content (AvgIpc) is 3.20. The Kier molecular flexibility index (Phi) is 6.54. The molecule has 0 spiro atoms. The lowest BCUT2D eigenvalue weighted by atomic mass is 10.1. The number of carbonyl (C=O) groups excluding carboxylic acids is 3. The number of hydrogen-bond donors (Lipinski definition) is 1. The fourth-order valence-electron chi connectivity index (χ4n) is 4.47. The molecule has 2 aliphatic rings. The maximum absolute atomic E-state index is 13.2. The first-order chi connectivity index (χ1) is 16.9. The van der Waals surface area contributed by atoms with Gasteiger partial charge in [-0.05, 0) is 55.0 Å². The number of hydrogen-bond acceptors (Lipinski definition) is 4. The first-order valence-electron chi connectivity index (χ1n) is 11.5. The summed E-state index contributed by atoms with van der Waals surface area (Å²) in [6.45, 7) is 2.95. The quantitative estimate of drug-likeness (QED) is 0.472. The second-order valence-corrected chi connectivity index (χ2v) is 10.1. The van der Waals surface area contributed by atoms with Crippen molar-refractivity contribution in [2.75, 3.05) is 28.2 Å². The van der Waals surface area contributed by atoms with Crippen molar-refractivity contribution in [1.29, 1.82) is 0 Å². The molecule has 1 fully saturated rings. The van der Waals surface area contributed by atoms with E-state index in [9.17, 15) is 14.4 Å². The lowest BCUT2D eigenvalue weighted by molar-refractivity contribution is -0.122. The largest absolute Gasteiger partial charge is 0.326 e. The lowest BCUT2D eigenvalue weighted by Crippen LogP contribution is -2.31. The van der Waals surface area contributed by atoms with E-state index in [0.29, 0.717) is 35.1 Å². The number of anilines is 3. The third-order valence-corrected chi connectivity index (χ3v) is 7.52. The van der Waals surface area contributed by atoms with Gasteiger partial charge in [-0.1, -0.05) is 48.5 Å². The number of halogens is 1. The Hall–Kier alpha value is -3.29. The molecule has 35 heavy (non-hydrogen) atoms. The molecule has 5 rings (SSSR count). The molecule has 0 bridgehead atoms. The minimum Gasteiger partial charge on any atom is -0.326 e. The summed E-state index contributed by atoms with van der Waals surface area (Å²) in [5.74, 6) is -0.790. The van der Waals surface area contributed by atoms with Gasteiger partial charge in [0.05, 0.1) is 17.2 Å². The normalized spacial score (nSPS) is 17.1.